The predicted octanol–water partition coefficient (Wildman–Crippen LogP) is 1.51. The summed E-state index contributed by atoms with van der Waals surface area (Å²) in [5, 5.41) is 18.2. The highest BCUT2D eigenvalue weighted by Crippen LogP contribution is 2.32. The molecule has 0 bridgehead atoms. The molecule has 2 unspecified atom stereocenters. The number of aliphatic hydroxyl groups excluding tert-OH is 1. The number of carbonyl (C=O) groups is 2. The van der Waals surface area contributed by atoms with E-state index in [1.54, 1.807) is 4.90 Å². The van der Waals surface area contributed by atoms with E-state index in [1.807, 2.05) is 30.3 Å². The number of carboxylic acid groups (broad SMARTS) is 1. The summed E-state index contributed by atoms with van der Waals surface area (Å²) in [6, 6.07) is 9.61. The Hall–Kier alpha value is -1.88. The molecule has 1 amide bonds. The van der Waals surface area contributed by atoms with E-state index in [0.29, 0.717) is 25.8 Å². The highest BCUT2D eigenvalue weighted by molar-refractivity contribution is 5.81. The fraction of sp³-hybridized carbons (Fsp3) is 0.500. The Morgan fingerprint density at radius 3 is 2.38 bits per heavy atom. The van der Waals surface area contributed by atoms with Gasteiger partial charge in [-0.15, -0.1) is 0 Å². The average molecular weight is 291 g/mol. The van der Waals surface area contributed by atoms with Crippen molar-refractivity contribution < 1.29 is 19.8 Å². The summed E-state index contributed by atoms with van der Waals surface area (Å²) in [7, 11) is 0. The van der Waals surface area contributed by atoms with Crippen LogP contribution in [0.25, 0.3) is 0 Å². The number of benzene rings is 1. The molecule has 0 aromatic heterocycles. The summed E-state index contributed by atoms with van der Waals surface area (Å²) in [4.78, 5) is 25.2. The molecule has 1 aromatic rings. The Labute approximate surface area is 124 Å². The molecule has 5 nitrogen and oxygen atoms in total. The van der Waals surface area contributed by atoms with Crippen molar-refractivity contribution in [3.63, 3.8) is 0 Å². The Balaban J connectivity index is 2.01. The molecular weight excluding hydrogens is 270 g/mol. The van der Waals surface area contributed by atoms with Gasteiger partial charge in [0.15, 0.2) is 0 Å². The van der Waals surface area contributed by atoms with Gasteiger partial charge in [0.1, 0.15) is 0 Å². The van der Waals surface area contributed by atoms with Crippen molar-refractivity contribution in [2.45, 2.75) is 25.8 Å². The molecule has 1 saturated carbocycles. The Bertz CT molecular complexity index is 488. The van der Waals surface area contributed by atoms with Gasteiger partial charge in [0, 0.05) is 19.0 Å². The highest BCUT2D eigenvalue weighted by atomic mass is 16.4. The van der Waals surface area contributed by atoms with Crippen molar-refractivity contribution >= 4 is 11.9 Å². The van der Waals surface area contributed by atoms with Gasteiger partial charge >= 0.3 is 5.97 Å². The molecule has 0 radical (unpaired) electrons. The normalized spacial score (nSPS) is 21.2. The zero-order valence-electron chi connectivity index (χ0n) is 11.9. The van der Waals surface area contributed by atoms with Gasteiger partial charge in [-0.3, -0.25) is 9.59 Å². The lowest BCUT2D eigenvalue weighted by Gasteiger charge is -2.25. The van der Waals surface area contributed by atoms with E-state index in [4.69, 9.17) is 10.2 Å². The largest absolute Gasteiger partial charge is 0.481 e. The van der Waals surface area contributed by atoms with Crippen molar-refractivity contribution in [3.05, 3.63) is 35.9 Å². The minimum Gasteiger partial charge on any atom is -0.481 e. The maximum atomic E-state index is 12.5. The Kier molecular flexibility index (Phi) is 5.33. The van der Waals surface area contributed by atoms with Crippen LogP contribution in [0, 0.1) is 11.8 Å². The van der Waals surface area contributed by atoms with Crippen LogP contribution in [0.5, 0.6) is 0 Å². The minimum atomic E-state index is -0.818. The number of aliphatic carboxylic acids is 1. The number of hydrogen-bond acceptors (Lipinski definition) is 3. The molecule has 1 aliphatic rings. The third-order valence-electron chi connectivity index (χ3n) is 4.03. The molecular formula is C16H21NO4. The minimum absolute atomic E-state index is 0.0448. The van der Waals surface area contributed by atoms with Gasteiger partial charge in [-0.25, -0.2) is 0 Å². The molecule has 5 heteroatoms. The van der Waals surface area contributed by atoms with Crippen LogP contribution in [-0.4, -0.2) is 40.1 Å². The van der Waals surface area contributed by atoms with Crippen molar-refractivity contribution in [3.8, 4) is 0 Å². The van der Waals surface area contributed by atoms with Gasteiger partial charge in [-0.2, -0.15) is 0 Å². The quantitative estimate of drug-likeness (QED) is 0.833. The van der Waals surface area contributed by atoms with E-state index >= 15 is 0 Å². The van der Waals surface area contributed by atoms with Crippen molar-refractivity contribution in [2.75, 3.05) is 13.2 Å². The third-order valence-corrected chi connectivity index (χ3v) is 4.03. The summed E-state index contributed by atoms with van der Waals surface area (Å²) >= 11 is 0. The van der Waals surface area contributed by atoms with Crippen molar-refractivity contribution in [2.24, 2.45) is 11.8 Å². The number of carbonyl (C=O) groups excluding carboxylic acids is 1. The zero-order chi connectivity index (χ0) is 15.2. The SMILES string of the molecule is O=C(O)C1CCC(C(=O)N(CCO)Cc2ccccc2)C1. The average Bonchev–Trinajstić information content (AvgIpc) is 2.97. The van der Waals surface area contributed by atoms with E-state index in [0.717, 1.165) is 5.56 Å². The number of aliphatic hydroxyl groups is 1. The van der Waals surface area contributed by atoms with Gasteiger partial charge in [-0.05, 0) is 24.8 Å². The first-order valence-electron chi connectivity index (χ1n) is 7.28. The lowest BCUT2D eigenvalue weighted by molar-refractivity contribution is -0.141. The summed E-state index contributed by atoms with van der Waals surface area (Å²) in [5.74, 6) is -1.51. The molecule has 1 aliphatic carbocycles. The molecule has 0 spiro atoms. The number of rotatable bonds is 6. The Morgan fingerprint density at radius 1 is 1.14 bits per heavy atom. The predicted molar refractivity (Wildman–Crippen MR) is 77.4 cm³/mol. The summed E-state index contributed by atoms with van der Waals surface area (Å²) in [5.41, 5.74) is 1.01. The number of hydrogen-bond donors (Lipinski definition) is 2. The van der Waals surface area contributed by atoms with Gasteiger partial charge in [0.25, 0.3) is 0 Å². The second-order valence-corrected chi connectivity index (χ2v) is 5.51. The van der Waals surface area contributed by atoms with Gasteiger partial charge in [-0.1, -0.05) is 30.3 Å². The molecule has 2 atom stereocenters. The van der Waals surface area contributed by atoms with Crippen LogP contribution in [0.3, 0.4) is 0 Å². The highest BCUT2D eigenvalue weighted by Gasteiger charge is 2.35. The third kappa shape index (κ3) is 4.04. The van der Waals surface area contributed by atoms with Gasteiger partial charge in [0.2, 0.25) is 5.91 Å². The van der Waals surface area contributed by atoms with Gasteiger partial charge < -0.3 is 15.1 Å². The molecule has 0 saturated heterocycles. The van der Waals surface area contributed by atoms with Crippen LogP contribution in [-0.2, 0) is 16.1 Å². The first-order valence-corrected chi connectivity index (χ1v) is 7.28. The lowest BCUT2D eigenvalue weighted by atomic mass is 10.0. The summed E-state index contributed by atoms with van der Waals surface area (Å²) in [6.07, 6.45) is 1.58. The summed E-state index contributed by atoms with van der Waals surface area (Å²) in [6.45, 7) is 0.643. The fourth-order valence-corrected chi connectivity index (χ4v) is 2.88. The molecule has 1 fully saturated rings. The molecule has 0 heterocycles. The standard InChI is InChI=1S/C16H21NO4/c18-9-8-17(11-12-4-2-1-3-5-12)15(19)13-6-7-14(10-13)16(20)21/h1-5,13-14,18H,6-11H2,(H,20,21). The molecule has 0 aliphatic heterocycles. The monoisotopic (exact) mass is 291 g/mol. The number of carboxylic acids is 1. The fourth-order valence-electron chi connectivity index (χ4n) is 2.88. The van der Waals surface area contributed by atoms with Crippen LogP contribution < -0.4 is 0 Å². The van der Waals surface area contributed by atoms with E-state index in [1.165, 1.54) is 0 Å². The molecule has 1 aromatic carbocycles. The van der Waals surface area contributed by atoms with Gasteiger partial charge in [0.05, 0.1) is 12.5 Å². The first kappa shape index (κ1) is 15.5. The van der Waals surface area contributed by atoms with Crippen LogP contribution in [0.1, 0.15) is 24.8 Å². The molecule has 21 heavy (non-hydrogen) atoms. The van der Waals surface area contributed by atoms with E-state index in [2.05, 4.69) is 0 Å². The number of nitrogens with zero attached hydrogens (tertiary/aromatic N) is 1. The smallest absolute Gasteiger partial charge is 0.306 e. The maximum Gasteiger partial charge on any atom is 0.306 e. The second kappa shape index (κ2) is 7.22. The van der Waals surface area contributed by atoms with Crippen LogP contribution in [0.2, 0.25) is 0 Å². The van der Waals surface area contributed by atoms with E-state index < -0.39 is 11.9 Å². The lowest BCUT2D eigenvalue weighted by Crippen LogP contribution is -2.37. The topological polar surface area (TPSA) is 77.8 Å². The molecule has 2 N–H and O–H groups in total. The first-order chi connectivity index (χ1) is 10.1. The van der Waals surface area contributed by atoms with Crippen LogP contribution in [0.15, 0.2) is 30.3 Å². The maximum absolute atomic E-state index is 12.5. The van der Waals surface area contributed by atoms with Crippen molar-refractivity contribution in [1.29, 1.82) is 0 Å². The Morgan fingerprint density at radius 2 is 1.81 bits per heavy atom. The second-order valence-electron chi connectivity index (χ2n) is 5.51. The molecule has 114 valence electrons. The van der Waals surface area contributed by atoms with Crippen molar-refractivity contribution in [1.82, 2.24) is 4.90 Å². The van der Waals surface area contributed by atoms with Crippen LogP contribution in [0.4, 0.5) is 0 Å². The molecule has 2 rings (SSSR count). The van der Waals surface area contributed by atoms with E-state index in [9.17, 15) is 9.59 Å². The van der Waals surface area contributed by atoms with E-state index in [-0.39, 0.29) is 25.0 Å². The summed E-state index contributed by atoms with van der Waals surface area (Å²) < 4.78 is 0. The van der Waals surface area contributed by atoms with Crippen LogP contribution >= 0.6 is 0 Å². The zero-order valence-corrected chi connectivity index (χ0v) is 11.9. The number of amides is 1.